The summed E-state index contributed by atoms with van der Waals surface area (Å²) < 4.78 is 1.70. The van der Waals surface area contributed by atoms with Gasteiger partial charge < -0.3 is 10.4 Å². The largest absolute Gasteiger partial charge is 0.388 e. The molecule has 0 unspecified atom stereocenters. The van der Waals surface area contributed by atoms with Crippen molar-refractivity contribution in [3.05, 3.63) is 23.5 Å². The van der Waals surface area contributed by atoms with E-state index in [9.17, 15) is 9.90 Å². The number of nitrogens with zero attached hydrogens (tertiary/aromatic N) is 3. The topological polar surface area (TPSA) is 80.0 Å². The normalized spacial score (nSPS) is 16.7. The minimum Gasteiger partial charge on any atom is -0.388 e. The molecule has 106 valence electrons. The van der Waals surface area contributed by atoms with Gasteiger partial charge in [-0.2, -0.15) is 5.10 Å². The lowest BCUT2D eigenvalue weighted by molar-refractivity contribution is -0.0300. The van der Waals surface area contributed by atoms with Crippen LogP contribution in [0.5, 0.6) is 0 Å². The molecule has 1 saturated carbocycles. The summed E-state index contributed by atoms with van der Waals surface area (Å²) >= 11 is 1.41. The molecule has 0 radical (unpaired) electrons. The van der Waals surface area contributed by atoms with E-state index in [1.165, 1.54) is 11.3 Å². The van der Waals surface area contributed by atoms with Crippen LogP contribution in [0.15, 0.2) is 17.8 Å². The molecule has 2 aromatic heterocycles. The third kappa shape index (κ3) is 2.59. The van der Waals surface area contributed by atoms with Crippen molar-refractivity contribution in [2.45, 2.75) is 24.9 Å². The van der Waals surface area contributed by atoms with Crippen molar-refractivity contribution in [3.8, 4) is 10.6 Å². The highest BCUT2D eigenvalue weighted by Crippen LogP contribution is 2.30. The SMILES string of the molecule is Cn1cc(-c2nc(C(=O)NCC3(O)CCC3)cs2)cn1. The predicted molar refractivity (Wildman–Crippen MR) is 75.5 cm³/mol. The third-order valence-corrected chi connectivity index (χ3v) is 4.44. The third-order valence-electron chi connectivity index (χ3n) is 3.55. The average Bonchev–Trinajstić information content (AvgIpc) is 3.02. The molecule has 3 rings (SSSR count). The summed E-state index contributed by atoms with van der Waals surface area (Å²) in [7, 11) is 1.84. The Morgan fingerprint density at radius 1 is 1.60 bits per heavy atom. The summed E-state index contributed by atoms with van der Waals surface area (Å²) in [5.74, 6) is -0.239. The second-order valence-electron chi connectivity index (χ2n) is 5.20. The maximum Gasteiger partial charge on any atom is 0.270 e. The molecule has 7 heteroatoms. The van der Waals surface area contributed by atoms with Crippen molar-refractivity contribution in [1.29, 1.82) is 0 Å². The van der Waals surface area contributed by atoms with Crippen molar-refractivity contribution in [2.24, 2.45) is 7.05 Å². The summed E-state index contributed by atoms with van der Waals surface area (Å²) in [4.78, 5) is 16.3. The number of thiazole rings is 1. The Balaban J connectivity index is 1.65. The Bertz CT molecular complexity index is 630. The van der Waals surface area contributed by atoms with Gasteiger partial charge in [-0.3, -0.25) is 9.48 Å². The molecule has 0 saturated heterocycles. The Morgan fingerprint density at radius 3 is 3.00 bits per heavy atom. The first-order chi connectivity index (χ1) is 9.56. The van der Waals surface area contributed by atoms with Crippen molar-refractivity contribution in [3.63, 3.8) is 0 Å². The van der Waals surface area contributed by atoms with Crippen molar-refractivity contribution in [2.75, 3.05) is 6.54 Å². The highest BCUT2D eigenvalue weighted by molar-refractivity contribution is 7.13. The minimum atomic E-state index is -0.710. The van der Waals surface area contributed by atoms with Gasteiger partial charge in [0.15, 0.2) is 0 Å². The molecule has 1 fully saturated rings. The highest BCUT2D eigenvalue weighted by atomic mass is 32.1. The summed E-state index contributed by atoms with van der Waals surface area (Å²) in [5.41, 5.74) is 0.573. The second kappa shape index (κ2) is 4.99. The van der Waals surface area contributed by atoms with Crippen LogP contribution in [0.3, 0.4) is 0 Å². The van der Waals surface area contributed by atoms with E-state index in [0.717, 1.165) is 29.8 Å². The van der Waals surface area contributed by atoms with Crippen LogP contribution in [0.1, 0.15) is 29.8 Å². The quantitative estimate of drug-likeness (QED) is 0.887. The summed E-state index contributed by atoms with van der Waals surface area (Å²) in [6, 6.07) is 0. The number of carbonyl (C=O) groups excluding carboxylic acids is 1. The molecule has 0 bridgehead atoms. The lowest BCUT2D eigenvalue weighted by atomic mass is 9.80. The number of aromatic nitrogens is 3. The Morgan fingerprint density at radius 2 is 2.40 bits per heavy atom. The molecule has 20 heavy (non-hydrogen) atoms. The van der Waals surface area contributed by atoms with Gasteiger partial charge in [-0.1, -0.05) is 0 Å². The molecule has 1 amide bonds. The molecule has 1 aliphatic carbocycles. The van der Waals surface area contributed by atoms with E-state index < -0.39 is 5.60 Å². The zero-order chi connectivity index (χ0) is 14.2. The summed E-state index contributed by atoms with van der Waals surface area (Å²) in [5, 5.41) is 19.3. The monoisotopic (exact) mass is 292 g/mol. The Kier molecular flexibility index (Phi) is 3.31. The van der Waals surface area contributed by atoms with Crippen LogP contribution in [-0.4, -0.2) is 37.9 Å². The number of hydrogen-bond donors (Lipinski definition) is 2. The first-order valence-corrected chi connectivity index (χ1v) is 7.39. The Labute approximate surface area is 120 Å². The van der Waals surface area contributed by atoms with Gasteiger partial charge in [-0.25, -0.2) is 4.98 Å². The molecular weight excluding hydrogens is 276 g/mol. The zero-order valence-electron chi connectivity index (χ0n) is 11.2. The molecule has 0 aliphatic heterocycles. The smallest absolute Gasteiger partial charge is 0.270 e. The van der Waals surface area contributed by atoms with E-state index in [1.54, 1.807) is 16.3 Å². The molecule has 2 N–H and O–H groups in total. The fourth-order valence-corrected chi connectivity index (χ4v) is 2.91. The summed E-state index contributed by atoms with van der Waals surface area (Å²) in [6.07, 6.45) is 6.11. The van der Waals surface area contributed by atoms with E-state index in [4.69, 9.17) is 0 Å². The number of hydrogen-bond acceptors (Lipinski definition) is 5. The molecule has 1 aliphatic rings. The average molecular weight is 292 g/mol. The van der Waals surface area contributed by atoms with Crippen molar-refractivity contribution in [1.82, 2.24) is 20.1 Å². The fraction of sp³-hybridized carbons (Fsp3) is 0.462. The van der Waals surface area contributed by atoms with Gasteiger partial charge in [0.2, 0.25) is 0 Å². The van der Waals surface area contributed by atoms with Gasteiger partial charge in [-0.15, -0.1) is 11.3 Å². The highest BCUT2D eigenvalue weighted by Gasteiger charge is 2.34. The van der Waals surface area contributed by atoms with E-state index in [1.807, 2.05) is 13.2 Å². The van der Waals surface area contributed by atoms with Gasteiger partial charge >= 0.3 is 0 Å². The van der Waals surface area contributed by atoms with Crippen LogP contribution in [0.4, 0.5) is 0 Å². The van der Waals surface area contributed by atoms with Crippen LogP contribution in [0.25, 0.3) is 10.6 Å². The van der Waals surface area contributed by atoms with Crippen LogP contribution in [0, 0.1) is 0 Å². The first-order valence-electron chi connectivity index (χ1n) is 6.51. The minimum absolute atomic E-state index is 0.239. The van der Waals surface area contributed by atoms with E-state index in [-0.39, 0.29) is 5.91 Å². The Hall–Kier alpha value is -1.73. The molecule has 0 aromatic carbocycles. The number of amides is 1. The van der Waals surface area contributed by atoms with Crippen LogP contribution < -0.4 is 5.32 Å². The standard InChI is InChI=1S/C13H16N4O2S/c1-17-6-9(5-15-17)12-16-10(7-20-12)11(18)14-8-13(19)3-2-4-13/h5-7,19H,2-4,8H2,1H3,(H,14,18). The molecular formula is C13H16N4O2S. The van der Waals surface area contributed by atoms with Crippen molar-refractivity contribution < 1.29 is 9.90 Å². The van der Waals surface area contributed by atoms with Gasteiger partial charge in [-0.05, 0) is 19.3 Å². The van der Waals surface area contributed by atoms with Gasteiger partial charge in [0.25, 0.3) is 5.91 Å². The first kappa shape index (κ1) is 13.3. The molecule has 2 aromatic rings. The molecule has 0 atom stereocenters. The van der Waals surface area contributed by atoms with E-state index in [0.29, 0.717) is 12.2 Å². The second-order valence-corrected chi connectivity index (χ2v) is 6.06. The number of rotatable bonds is 4. The van der Waals surface area contributed by atoms with E-state index >= 15 is 0 Å². The maximum atomic E-state index is 12.0. The molecule has 6 nitrogen and oxygen atoms in total. The van der Waals surface area contributed by atoms with Crippen LogP contribution >= 0.6 is 11.3 Å². The lowest BCUT2D eigenvalue weighted by Crippen LogP contribution is -2.47. The number of aryl methyl sites for hydroxylation is 1. The van der Waals surface area contributed by atoms with Gasteiger partial charge in [0, 0.05) is 30.7 Å². The predicted octanol–water partition coefficient (Wildman–Crippen LogP) is 1.19. The molecule has 0 spiro atoms. The maximum absolute atomic E-state index is 12.0. The van der Waals surface area contributed by atoms with Crippen LogP contribution in [-0.2, 0) is 7.05 Å². The number of nitrogens with one attached hydrogen (secondary N) is 1. The lowest BCUT2D eigenvalue weighted by Gasteiger charge is -2.36. The summed E-state index contributed by atoms with van der Waals surface area (Å²) in [6.45, 7) is 0.297. The van der Waals surface area contributed by atoms with Crippen LogP contribution in [0.2, 0.25) is 0 Å². The number of aliphatic hydroxyl groups is 1. The fourth-order valence-electron chi connectivity index (χ4n) is 2.14. The zero-order valence-corrected chi connectivity index (χ0v) is 12.0. The van der Waals surface area contributed by atoms with Gasteiger partial charge in [0.1, 0.15) is 10.7 Å². The van der Waals surface area contributed by atoms with E-state index in [2.05, 4.69) is 15.4 Å². The molecule has 2 heterocycles. The number of carbonyl (C=O) groups is 1. The van der Waals surface area contributed by atoms with Crippen molar-refractivity contribution >= 4 is 17.2 Å². The van der Waals surface area contributed by atoms with Gasteiger partial charge in [0.05, 0.1) is 11.8 Å².